The molecule has 0 spiro atoms. The number of Topliss-reactive ketones (excluding diaryl/α,β-unsaturated/α-hetero) is 1. The van der Waals surface area contributed by atoms with Gasteiger partial charge in [0, 0.05) is 5.56 Å². The van der Waals surface area contributed by atoms with Crippen molar-refractivity contribution in [2.24, 2.45) is 0 Å². The van der Waals surface area contributed by atoms with Crippen molar-refractivity contribution in [3.63, 3.8) is 0 Å². The van der Waals surface area contributed by atoms with Crippen LogP contribution in [0.1, 0.15) is 28.9 Å². The molecule has 2 nitrogen and oxygen atoms in total. The van der Waals surface area contributed by atoms with E-state index in [4.69, 9.17) is 4.74 Å². The zero-order valence-electron chi connectivity index (χ0n) is 10.2. The molecule has 0 bridgehead atoms. The van der Waals surface area contributed by atoms with E-state index in [1.54, 1.807) is 0 Å². The van der Waals surface area contributed by atoms with E-state index in [2.05, 4.69) is 0 Å². The van der Waals surface area contributed by atoms with Gasteiger partial charge in [-0.15, -0.1) is 0 Å². The molecule has 90 valence electrons. The van der Waals surface area contributed by atoms with Gasteiger partial charge in [-0.2, -0.15) is 0 Å². The van der Waals surface area contributed by atoms with E-state index in [0.717, 1.165) is 5.56 Å². The predicted octanol–water partition coefficient (Wildman–Crippen LogP) is 3.40. The summed E-state index contributed by atoms with van der Waals surface area (Å²) in [6.07, 6.45) is -0.119. The molecule has 1 saturated heterocycles. The Bertz CT molecular complexity index is 562. The zero-order valence-corrected chi connectivity index (χ0v) is 10.2. The third-order valence-corrected chi connectivity index (χ3v) is 3.39. The number of carbonyl (C=O) groups is 1. The quantitative estimate of drug-likeness (QED) is 0.606. The fourth-order valence-electron chi connectivity index (χ4n) is 2.27. The van der Waals surface area contributed by atoms with Crippen LogP contribution in [0.2, 0.25) is 0 Å². The molecule has 2 aromatic carbocycles. The second-order valence-electron chi connectivity index (χ2n) is 4.71. The van der Waals surface area contributed by atoms with Crippen LogP contribution in [0.25, 0.3) is 0 Å². The molecule has 0 aliphatic carbocycles. The monoisotopic (exact) mass is 238 g/mol. The maximum absolute atomic E-state index is 12.4. The molecule has 0 N–H and O–H groups in total. The lowest BCUT2D eigenvalue weighted by atomic mass is 9.93. The van der Waals surface area contributed by atoms with E-state index in [9.17, 15) is 4.79 Å². The highest BCUT2D eigenvalue weighted by Crippen LogP contribution is 2.50. The smallest absolute Gasteiger partial charge is 0.197 e. The van der Waals surface area contributed by atoms with Gasteiger partial charge >= 0.3 is 0 Å². The van der Waals surface area contributed by atoms with Crippen molar-refractivity contribution in [3.8, 4) is 0 Å². The van der Waals surface area contributed by atoms with Gasteiger partial charge in [0.15, 0.2) is 11.4 Å². The molecule has 2 atom stereocenters. The first-order valence-electron chi connectivity index (χ1n) is 6.04. The van der Waals surface area contributed by atoms with Crippen LogP contribution >= 0.6 is 0 Å². The molecule has 18 heavy (non-hydrogen) atoms. The van der Waals surface area contributed by atoms with E-state index in [-0.39, 0.29) is 11.9 Å². The highest BCUT2D eigenvalue weighted by Gasteiger charge is 2.58. The molecule has 3 rings (SSSR count). The summed E-state index contributed by atoms with van der Waals surface area (Å²) in [4.78, 5) is 12.4. The first-order chi connectivity index (χ1) is 8.72. The second kappa shape index (κ2) is 4.07. The van der Waals surface area contributed by atoms with Crippen LogP contribution < -0.4 is 0 Å². The molecular formula is C16H14O2. The Morgan fingerprint density at radius 1 is 1.00 bits per heavy atom. The summed E-state index contributed by atoms with van der Waals surface area (Å²) in [5.41, 5.74) is 1.06. The minimum Gasteiger partial charge on any atom is -0.353 e. The summed E-state index contributed by atoms with van der Waals surface area (Å²) in [5.74, 6) is 0.0527. The van der Waals surface area contributed by atoms with Crippen molar-refractivity contribution < 1.29 is 9.53 Å². The Kier molecular flexibility index (Phi) is 2.53. The molecule has 1 aliphatic heterocycles. The number of hydrogen-bond donors (Lipinski definition) is 0. The summed E-state index contributed by atoms with van der Waals surface area (Å²) in [5, 5.41) is 0. The summed E-state index contributed by atoms with van der Waals surface area (Å²) < 4.78 is 5.66. The standard InChI is InChI=1S/C16H14O2/c1-16(14(17)12-8-4-2-5-9-12)15(18-16)13-10-6-3-7-11-13/h2-11,15H,1H3/t15-,16-/m0/s1. The molecule has 1 aliphatic rings. The molecule has 2 aromatic rings. The van der Waals surface area contributed by atoms with Gasteiger partial charge in [0.05, 0.1) is 0 Å². The Hall–Kier alpha value is -1.93. The van der Waals surface area contributed by atoms with Crippen LogP contribution in [0, 0.1) is 0 Å². The third-order valence-electron chi connectivity index (χ3n) is 3.39. The minimum absolute atomic E-state index is 0.0527. The molecule has 0 radical (unpaired) electrons. The van der Waals surface area contributed by atoms with Crippen LogP contribution in [-0.2, 0) is 4.74 Å². The van der Waals surface area contributed by atoms with Gasteiger partial charge in [0.2, 0.25) is 0 Å². The number of ketones is 1. The molecule has 1 fully saturated rings. The number of benzene rings is 2. The lowest BCUT2D eigenvalue weighted by Gasteiger charge is -2.05. The predicted molar refractivity (Wildman–Crippen MR) is 69.4 cm³/mol. The average Bonchev–Trinajstić information content (AvgIpc) is 3.14. The largest absolute Gasteiger partial charge is 0.353 e. The van der Waals surface area contributed by atoms with E-state index in [0.29, 0.717) is 5.56 Å². The highest BCUT2D eigenvalue weighted by molar-refractivity contribution is 6.04. The van der Waals surface area contributed by atoms with Gasteiger partial charge in [-0.1, -0.05) is 60.7 Å². The Balaban J connectivity index is 1.85. The van der Waals surface area contributed by atoms with Gasteiger partial charge in [-0.05, 0) is 12.5 Å². The van der Waals surface area contributed by atoms with Gasteiger partial charge < -0.3 is 4.74 Å². The van der Waals surface area contributed by atoms with Crippen LogP contribution in [0.4, 0.5) is 0 Å². The maximum Gasteiger partial charge on any atom is 0.197 e. The summed E-state index contributed by atoms with van der Waals surface area (Å²) >= 11 is 0. The Morgan fingerprint density at radius 3 is 2.17 bits per heavy atom. The molecule has 1 heterocycles. The van der Waals surface area contributed by atoms with Crippen molar-refractivity contribution in [3.05, 3.63) is 71.8 Å². The first-order valence-corrected chi connectivity index (χ1v) is 6.04. The number of hydrogen-bond acceptors (Lipinski definition) is 2. The maximum atomic E-state index is 12.4. The van der Waals surface area contributed by atoms with Gasteiger partial charge in [-0.3, -0.25) is 4.79 Å². The lowest BCUT2D eigenvalue weighted by molar-refractivity contribution is 0.0888. The number of carbonyl (C=O) groups excluding carboxylic acids is 1. The Labute approximate surface area is 106 Å². The highest BCUT2D eigenvalue weighted by atomic mass is 16.6. The summed E-state index contributed by atoms with van der Waals surface area (Å²) in [6, 6.07) is 19.2. The van der Waals surface area contributed by atoms with Crippen molar-refractivity contribution in [1.29, 1.82) is 0 Å². The number of ether oxygens (including phenoxy) is 1. The zero-order chi connectivity index (χ0) is 12.6. The SMILES string of the molecule is C[C@@]1(C(=O)c2ccccc2)O[C@H]1c1ccccc1. The Morgan fingerprint density at radius 2 is 1.56 bits per heavy atom. The molecular weight excluding hydrogens is 224 g/mol. The summed E-state index contributed by atoms with van der Waals surface area (Å²) in [7, 11) is 0. The van der Waals surface area contributed by atoms with E-state index < -0.39 is 5.60 Å². The van der Waals surface area contributed by atoms with Crippen molar-refractivity contribution in [2.45, 2.75) is 18.6 Å². The first kappa shape index (κ1) is 11.2. The number of rotatable bonds is 3. The normalized spacial score (nSPS) is 25.7. The fourth-order valence-corrected chi connectivity index (χ4v) is 2.27. The van der Waals surface area contributed by atoms with Crippen molar-refractivity contribution in [1.82, 2.24) is 0 Å². The lowest BCUT2D eigenvalue weighted by Crippen LogP contribution is -2.21. The topological polar surface area (TPSA) is 29.6 Å². The van der Waals surface area contributed by atoms with Crippen LogP contribution in [0.15, 0.2) is 60.7 Å². The van der Waals surface area contributed by atoms with E-state index >= 15 is 0 Å². The number of epoxide rings is 1. The van der Waals surface area contributed by atoms with Crippen molar-refractivity contribution >= 4 is 5.78 Å². The molecule has 2 heteroatoms. The fraction of sp³-hybridized carbons (Fsp3) is 0.188. The molecule has 0 unspecified atom stereocenters. The average molecular weight is 238 g/mol. The van der Waals surface area contributed by atoms with Gasteiger partial charge in [0.1, 0.15) is 6.10 Å². The van der Waals surface area contributed by atoms with Crippen LogP contribution in [0.3, 0.4) is 0 Å². The van der Waals surface area contributed by atoms with Gasteiger partial charge in [-0.25, -0.2) is 0 Å². The van der Waals surface area contributed by atoms with Crippen LogP contribution in [0.5, 0.6) is 0 Å². The van der Waals surface area contributed by atoms with Crippen LogP contribution in [-0.4, -0.2) is 11.4 Å². The van der Waals surface area contributed by atoms with E-state index in [1.807, 2.05) is 67.6 Å². The second-order valence-corrected chi connectivity index (χ2v) is 4.71. The summed E-state index contributed by atoms with van der Waals surface area (Å²) in [6.45, 7) is 1.86. The third kappa shape index (κ3) is 1.75. The minimum atomic E-state index is -0.706. The molecule has 0 saturated carbocycles. The van der Waals surface area contributed by atoms with E-state index in [1.165, 1.54) is 0 Å². The van der Waals surface area contributed by atoms with Gasteiger partial charge in [0.25, 0.3) is 0 Å². The van der Waals surface area contributed by atoms with Crippen molar-refractivity contribution in [2.75, 3.05) is 0 Å². The molecule has 0 amide bonds. The molecule has 0 aromatic heterocycles.